The zero-order valence-corrected chi connectivity index (χ0v) is 11.3. The molecule has 0 bridgehead atoms. The molecule has 0 saturated carbocycles. The third kappa shape index (κ3) is 4.16. The Labute approximate surface area is 115 Å². The Balaban J connectivity index is 2.67. The third-order valence-electron chi connectivity index (χ3n) is 3.12. The lowest BCUT2D eigenvalue weighted by Crippen LogP contribution is -2.36. The minimum Gasteiger partial charge on any atom is -0.373 e. The van der Waals surface area contributed by atoms with Gasteiger partial charge in [-0.05, 0) is 30.5 Å². The van der Waals surface area contributed by atoms with Crippen LogP contribution in [0.4, 0.5) is 17.6 Å². The van der Waals surface area contributed by atoms with Crippen molar-refractivity contribution in [2.75, 3.05) is 13.2 Å². The lowest BCUT2D eigenvalue weighted by Gasteiger charge is -2.21. The highest BCUT2D eigenvalue weighted by atomic mass is 19.3. The van der Waals surface area contributed by atoms with E-state index in [9.17, 15) is 17.6 Å². The maximum Gasteiger partial charge on any atom is 0.330 e. The number of benzene rings is 1. The molecule has 0 aliphatic heterocycles. The van der Waals surface area contributed by atoms with E-state index in [4.69, 9.17) is 5.84 Å². The molecule has 7 heteroatoms. The van der Waals surface area contributed by atoms with Gasteiger partial charge in [0.1, 0.15) is 6.61 Å². The summed E-state index contributed by atoms with van der Waals surface area (Å²) in [6.45, 7) is 2.21. The van der Waals surface area contributed by atoms with E-state index in [1.54, 1.807) is 12.1 Å². The molecule has 114 valence electrons. The summed E-state index contributed by atoms with van der Waals surface area (Å²) in [6, 6.07) is 4.94. The van der Waals surface area contributed by atoms with Gasteiger partial charge in [-0.3, -0.25) is 11.3 Å². The van der Waals surface area contributed by atoms with Gasteiger partial charge in [0.15, 0.2) is 0 Å². The molecule has 1 atom stereocenters. The summed E-state index contributed by atoms with van der Waals surface area (Å²) in [7, 11) is 0. The smallest absolute Gasteiger partial charge is 0.330 e. The predicted molar refractivity (Wildman–Crippen MR) is 67.8 cm³/mol. The van der Waals surface area contributed by atoms with Crippen LogP contribution in [0.1, 0.15) is 22.7 Å². The molecule has 0 aromatic heterocycles. The maximum absolute atomic E-state index is 12.7. The normalized spacial score (nSPS) is 13.8. The Morgan fingerprint density at radius 2 is 1.95 bits per heavy atom. The Hall–Kier alpha value is -1.18. The molecule has 3 nitrogen and oxygen atoms in total. The number of rotatable bonds is 7. The highest BCUT2D eigenvalue weighted by Crippen LogP contribution is 2.24. The molecule has 1 unspecified atom stereocenters. The van der Waals surface area contributed by atoms with Crippen LogP contribution in [0.25, 0.3) is 0 Å². The van der Waals surface area contributed by atoms with Gasteiger partial charge in [-0.2, -0.15) is 8.78 Å². The van der Waals surface area contributed by atoms with Crippen molar-refractivity contribution >= 4 is 0 Å². The van der Waals surface area contributed by atoms with Crippen LogP contribution in [0.2, 0.25) is 0 Å². The van der Waals surface area contributed by atoms with Gasteiger partial charge in [-0.15, -0.1) is 0 Å². The van der Waals surface area contributed by atoms with E-state index >= 15 is 0 Å². The van der Waals surface area contributed by atoms with Crippen molar-refractivity contribution in [1.82, 2.24) is 5.43 Å². The minimum atomic E-state index is -4.15. The number of nitrogens with two attached hydrogens (primary N) is 1. The largest absolute Gasteiger partial charge is 0.373 e. The standard InChI is InChI=1S/C13H18F4N2O/c1-8-4-3-5-10(9(8)2)11(19-18)6-20-7-13(16,17)12(14)15/h3-5,11-12,19H,6-7,18H2,1-2H3. The molecular formula is C13H18F4N2O. The fraction of sp³-hybridized carbons (Fsp3) is 0.538. The lowest BCUT2D eigenvalue weighted by molar-refractivity contribution is -0.167. The second-order valence-corrected chi connectivity index (χ2v) is 4.59. The molecular weight excluding hydrogens is 276 g/mol. The van der Waals surface area contributed by atoms with Crippen LogP contribution >= 0.6 is 0 Å². The number of aryl methyl sites for hydroxylation is 1. The zero-order valence-electron chi connectivity index (χ0n) is 11.3. The van der Waals surface area contributed by atoms with Crippen molar-refractivity contribution < 1.29 is 22.3 Å². The van der Waals surface area contributed by atoms with Gasteiger partial charge >= 0.3 is 12.3 Å². The molecule has 1 aromatic carbocycles. The van der Waals surface area contributed by atoms with Crippen molar-refractivity contribution in [2.24, 2.45) is 5.84 Å². The van der Waals surface area contributed by atoms with Gasteiger partial charge in [0.25, 0.3) is 0 Å². The molecule has 0 aliphatic carbocycles. The second-order valence-electron chi connectivity index (χ2n) is 4.59. The summed E-state index contributed by atoms with van der Waals surface area (Å²) in [6.07, 6.45) is -3.74. The third-order valence-corrected chi connectivity index (χ3v) is 3.12. The molecule has 1 aromatic rings. The van der Waals surface area contributed by atoms with E-state index in [-0.39, 0.29) is 6.61 Å². The van der Waals surface area contributed by atoms with Crippen LogP contribution in [-0.2, 0) is 4.74 Å². The molecule has 0 saturated heterocycles. The Morgan fingerprint density at radius 3 is 2.50 bits per heavy atom. The average Bonchev–Trinajstić information content (AvgIpc) is 2.38. The van der Waals surface area contributed by atoms with E-state index in [2.05, 4.69) is 10.2 Å². The monoisotopic (exact) mass is 294 g/mol. The quantitative estimate of drug-likeness (QED) is 0.462. The van der Waals surface area contributed by atoms with Gasteiger partial charge in [0.2, 0.25) is 0 Å². The second kappa shape index (κ2) is 7.01. The van der Waals surface area contributed by atoms with Crippen molar-refractivity contribution in [2.45, 2.75) is 32.2 Å². The number of hydrazine groups is 1. The maximum atomic E-state index is 12.7. The van der Waals surface area contributed by atoms with Gasteiger partial charge in [-0.25, -0.2) is 8.78 Å². The SMILES string of the molecule is Cc1cccc(C(COCC(F)(F)C(F)F)NN)c1C. The number of ether oxygens (including phenoxy) is 1. The molecule has 0 spiro atoms. The number of hydrogen-bond acceptors (Lipinski definition) is 3. The van der Waals surface area contributed by atoms with Crippen LogP contribution in [0.5, 0.6) is 0 Å². The summed E-state index contributed by atoms with van der Waals surface area (Å²) in [5.41, 5.74) is 5.19. The average molecular weight is 294 g/mol. The van der Waals surface area contributed by atoms with E-state index in [0.717, 1.165) is 16.7 Å². The van der Waals surface area contributed by atoms with E-state index < -0.39 is 25.0 Å². The Kier molecular flexibility index (Phi) is 5.91. The lowest BCUT2D eigenvalue weighted by atomic mass is 9.98. The first-order valence-corrected chi connectivity index (χ1v) is 6.05. The highest BCUT2D eigenvalue weighted by Gasteiger charge is 2.41. The molecule has 0 radical (unpaired) electrons. The zero-order chi connectivity index (χ0) is 15.3. The molecule has 20 heavy (non-hydrogen) atoms. The highest BCUT2D eigenvalue weighted by molar-refractivity contribution is 5.35. The summed E-state index contributed by atoms with van der Waals surface area (Å²) in [5.74, 6) is 1.22. The van der Waals surface area contributed by atoms with Crippen molar-refractivity contribution in [3.63, 3.8) is 0 Å². The number of halogens is 4. The molecule has 1 rings (SSSR count). The Morgan fingerprint density at radius 1 is 1.30 bits per heavy atom. The molecule has 0 fully saturated rings. The van der Waals surface area contributed by atoms with Gasteiger partial charge < -0.3 is 4.74 Å². The summed E-state index contributed by atoms with van der Waals surface area (Å²) in [4.78, 5) is 0. The minimum absolute atomic E-state index is 0.219. The first-order chi connectivity index (χ1) is 9.29. The van der Waals surface area contributed by atoms with Crippen LogP contribution in [0.3, 0.4) is 0 Å². The first kappa shape index (κ1) is 16.9. The summed E-state index contributed by atoms with van der Waals surface area (Å²) < 4.78 is 54.1. The van der Waals surface area contributed by atoms with E-state index in [1.165, 1.54) is 0 Å². The summed E-state index contributed by atoms with van der Waals surface area (Å²) in [5, 5.41) is 0. The van der Waals surface area contributed by atoms with Crippen molar-refractivity contribution in [1.29, 1.82) is 0 Å². The van der Waals surface area contributed by atoms with Gasteiger partial charge in [0, 0.05) is 0 Å². The topological polar surface area (TPSA) is 47.3 Å². The number of alkyl halides is 4. The molecule has 0 amide bonds. The Bertz CT molecular complexity index is 440. The predicted octanol–water partition coefficient (Wildman–Crippen LogP) is 2.72. The fourth-order valence-corrected chi connectivity index (χ4v) is 1.75. The van der Waals surface area contributed by atoms with Gasteiger partial charge in [-0.1, -0.05) is 18.2 Å². The van der Waals surface area contributed by atoms with Crippen LogP contribution in [-0.4, -0.2) is 25.6 Å². The molecule has 0 heterocycles. The fourth-order valence-electron chi connectivity index (χ4n) is 1.75. The van der Waals surface area contributed by atoms with Crippen molar-refractivity contribution in [3.05, 3.63) is 34.9 Å². The number of nitrogens with one attached hydrogen (secondary N) is 1. The summed E-state index contributed by atoms with van der Waals surface area (Å²) >= 11 is 0. The van der Waals surface area contributed by atoms with Crippen LogP contribution in [0, 0.1) is 13.8 Å². The van der Waals surface area contributed by atoms with Crippen LogP contribution < -0.4 is 11.3 Å². The molecule has 3 N–H and O–H groups in total. The van der Waals surface area contributed by atoms with Gasteiger partial charge in [0.05, 0.1) is 12.6 Å². The van der Waals surface area contributed by atoms with E-state index in [0.29, 0.717) is 0 Å². The first-order valence-electron chi connectivity index (χ1n) is 6.05. The van der Waals surface area contributed by atoms with Crippen LogP contribution in [0.15, 0.2) is 18.2 Å². The van der Waals surface area contributed by atoms with Crippen molar-refractivity contribution in [3.8, 4) is 0 Å². The van der Waals surface area contributed by atoms with E-state index in [1.807, 2.05) is 19.9 Å². The number of hydrogen-bond donors (Lipinski definition) is 2. The molecule has 0 aliphatic rings.